The smallest absolute Gasteiger partial charge is 0.270 e. The Morgan fingerprint density at radius 2 is 2.04 bits per heavy atom. The van der Waals surface area contributed by atoms with Gasteiger partial charge in [0.2, 0.25) is 10.0 Å². The number of rotatable bonds is 8. The minimum Gasteiger partial charge on any atom is -0.383 e. The largest absolute Gasteiger partial charge is 0.383 e. The molecule has 1 N–H and O–H groups in total. The van der Waals surface area contributed by atoms with Crippen LogP contribution in [-0.4, -0.2) is 58.1 Å². The molecule has 0 bridgehead atoms. The normalized spacial score (nSPS) is 16.9. The van der Waals surface area contributed by atoms with E-state index in [4.69, 9.17) is 4.74 Å². The zero-order valence-electron chi connectivity index (χ0n) is 14.6. The van der Waals surface area contributed by atoms with Crippen molar-refractivity contribution in [3.63, 3.8) is 0 Å². The molecular formula is C16H25N3O5S. The van der Waals surface area contributed by atoms with Crippen LogP contribution in [-0.2, 0) is 14.8 Å². The maximum absolute atomic E-state index is 12.5. The van der Waals surface area contributed by atoms with E-state index < -0.39 is 14.9 Å². The van der Waals surface area contributed by atoms with Crippen molar-refractivity contribution in [3.05, 3.63) is 33.9 Å². The van der Waals surface area contributed by atoms with Crippen molar-refractivity contribution in [2.24, 2.45) is 5.92 Å². The molecule has 1 aromatic carbocycles. The molecule has 1 fully saturated rings. The molecule has 0 spiro atoms. The molecule has 0 amide bonds. The van der Waals surface area contributed by atoms with Gasteiger partial charge in [0.1, 0.15) is 0 Å². The predicted molar refractivity (Wildman–Crippen MR) is 94.1 cm³/mol. The Labute approximate surface area is 148 Å². The number of aryl methyl sites for hydroxylation is 1. The number of non-ortho nitro benzene ring substituents is 1. The Morgan fingerprint density at radius 3 is 2.64 bits per heavy atom. The molecule has 2 rings (SSSR count). The lowest BCUT2D eigenvalue weighted by Crippen LogP contribution is -2.39. The van der Waals surface area contributed by atoms with Gasteiger partial charge >= 0.3 is 0 Å². The summed E-state index contributed by atoms with van der Waals surface area (Å²) in [4.78, 5) is 12.6. The lowest BCUT2D eigenvalue weighted by Gasteiger charge is -2.31. The molecular weight excluding hydrogens is 346 g/mol. The second kappa shape index (κ2) is 8.70. The summed E-state index contributed by atoms with van der Waals surface area (Å²) in [5.41, 5.74) is 0.268. The Hall–Kier alpha value is -1.55. The molecule has 1 heterocycles. The van der Waals surface area contributed by atoms with Crippen molar-refractivity contribution >= 4 is 15.7 Å². The molecule has 1 saturated heterocycles. The fourth-order valence-electron chi connectivity index (χ4n) is 2.93. The van der Waals surface area contributed by atoms with E-state index in [0.717, 1.165) is 38.5 Å². The number of nitro benzene ring substituents is 1. The number of sulfonamides is 1. The molecule has 0 radical (unpaired) electrons. The summed E-state index contributed by atoms with van der Waals surface area (Å²) in [6.45, 7) is 5.41. The number of piperidine rings is 1. The van der Waals surface area contributed by atoms with Crippen LogP contribution in [0.25, 0.3) is 0 Å². The van der Waals surface area contributed by atoms with Crippen molar-refractivity contribution in [1.82, 2.24) is 9.62 Å². The van der Waals surface area contributed by atoms with Crippen LogP contribution in [0.15, 0.2) is 23.1 Å². The first-order chi connectivity index (χ1) is 11.8. The highest BCUT2D eigenvalue weighted by Gasteiger charge is 2.24. The maximum atomic E-state index is 12.5. The quantitative estimate of drug-likeness (QED) is 0.549. The van der Waals surface area contributed by atoms with E-state index in [1.165, 1.54) is 12.1 Å². The fourth-order valence-corrected chi connectivity index (χ4v) is 4.31. The van der Waals surface area contributed by atoms with Gasteiger partial charge < -0.3 is 9.64 Å². The third-order valence-corrected chi connectivity index (χ3v) is 6.12. The third kappa shape index (κ3) is 5.46. The van der Waals surface area contributed by atoms with Gasteiger partial charge in [0.15, 0.2) is 0 Å². The minimum absolute atomic E-state index is 0.0285. The summed E-state index contributed by atoms with van der Waals surface area (Å²) in [7, 11) is -2.08. The van der Waals surface area contributed by atoms with Crippen LogP contribution < -0.4 is 4.72 Å². The van der Waals surface area contributed by atoms with Crippen LogP contribution in [0.4, 0.5) is 5.69 Å². The Balaban J connectivity index is 1.94. The van der Waals surface area contributed by atoms with Crippen LogP contribution in [0.5, 0.6) is 0 Å². The second-order valence-electron chi connectivity index (χ2n) is 6.34. The van der Waals surface area contributed by atoms with Gasteiger partial charge in [-0.2, -0.15) is 0 Å². The molecule has 0 saturated carbocycles. The zero-order chi connectivity index (χ0) is 18.4. The molecule has 0 unspecified atom stereocenters. The molecule has 25 heavy (non-hydrogen) atoms. The fraction of sp³-hybridized carbons (Fsp3) is 0.625. The van der Waals surface area contributed by atoms with Crippen LogP contribution in [0, 0.1) is 23.0 Å². The molecule has 1 aliphatic heterocycles. The van der Waals surface area contributed by atoms with Gasteiger partial charge in [-0.1, -0.05) is 6.07 Å². The van der Waals surface area contributed by atoms with Gasteiger partial charge in [0.25, 0.3) is 5.69 Å². The summed E-state index contributed by atoms with van der Waals surface area (Å²) in [5, 5.41) is 10.9. The molecule has 0 aliphatic carbocycles. The van der Waals surface area contributed by atoms with Gasteiger partial charge in [0.05, 0.1) is 16.4 Å². The number of benzene rings is 1. The van der Waals surface area contributed by atoms with E-state index in [1.54, 1.807) is 14.0 Å². The number of hydrogen-bond acceptors (Lipinski definition) is 6. The van der Waals surface area contributed by atoms with Crippen molar-refractivity contribution in [3.8, 4) is 0 Å². The van der Waals surface area contributed by atoms with Gasteiger partial charge in [-0.15, -0.1) is 0 Å². The lowest BCUT2D eigenvalue weighted by atomic mass is 9.97. The first kappa shape index (κ1) is 19.8. The summed E-state index contributed by atoms with van der Waals surface area (Å²) in [6, 6.07) is 3.89. The third-order valence-electron chi connectivity index (χ3n) is 4.55. The maximum Gasteiger partial charge on any atom is 0.270 e. The summed E-state index contributed by atoms with van der Waals surface area (Å²) < 4.78 is 32.7. The molecule has 1 aliphatic rings. The van der Waals surface area contributed by atoms with E-state index in [0.29, 0.717) is 18.7 Å². The van der Waals surface area contributed by atoms with Crippen LogP contribution in [0.1, 0.15) is 18.4 Å². The summed E-state index contributed by atoms with van der Waals surface area (Å²) >= 11 is 0. The van der Waals surface area contributed by atoms with Crippen LogP contribution in [0.3, 0.4) is 0 Å². The summed E-state index contributed by atoms with van der Waals surface area (Å²) in [5.74, 6) is 0.271. The van der Waals surface area contributed by atoms with Crippen LogP contribution in [0.2, 0.25) is 0 Å². The Morgan fingerprint density at radius 1 is 1.36 bits per heavy atom. The number of methoxy groups -OCH3 is 1. The highest BCUT2D eigenvalue weighted by Crippen LogP contribution is 2.22. The number of ether oxygens (including phenoxy) is 1. The first-order valence-corrected chi connectivity index (χ1v) is 9.78. The van der Waals surface area contributed by atoms with Crippen molar-refractivity contribution < 1.29 is 18.1 Å². The van der Waals surface area contributed by atoms with E-state index in [-0.39, 0.29) is 16.5 Å². The second-order valence-corrected chi connectivity index (χ2v) is 8.07. The highest BCUT2D eigenvalue weighted by molar-refractivity contribution is 7.89. The molecule has 0 atom stereocenters. The van der Waals surface area contributed by atoms with Crippen molar-refractivity contribution in [2.45, 2.75) is 24.7 Å². The highest BCUT2D eigenvalue weighted by atomic mass is 32.2. The Kier molecular flexibility index (Phi) is 6.88. The van der Waals surface area contributed by atoms with Gasteiger partial charge in [0, 0.05) is 32.3 Å². The van der Waals surface area contributed by atoms with Gasteiger partial charge in [-0.25, -0.2) is 13.1 Å². The minimum atomic E-state index is -3.76. The van der Waals surface area contributed by atoms with Crippen LogP contribution >= 0.6 is 0 Å². The monoisotopic (exact) mass is 371 g/mol. The average molecular weight is 371 g/mol. The first-order valence-electron chi connectivity index (χ1n) is 8.29. The van der Waals surface area contributed by atoms with E-state index >= 15 is 0 Å². The zero-order valence-corrected chi connectivity index (χ0v) is 15.4. The number of hydrogen-bond donors (Lipinski definition) is 1. The number of nitro groups is 1. The van der Waals surface area contributed by atoms with E-state index in [9.17, 15) is 18.5 Å². The van der Waals surface area contributed by atoms with Crippen molar-refractivity contribution in [1.29, 1.82) is 0 Å². The average Bonchev–Trinajstić information content (AvgIpc) is 2.59. The molecule has 8 nitrogen and oxygen atoms in total. The SMILES string of the molecule is COCCN1CCC(CNS(=O)(=O)c2cc([N+](=O)[O-])ccc2C)CC1. The van der Waals surface area contributed by atoms with Crippen molar-refractivity contribution in [2.75, 3.05) is 39.9 Å². The topological polar surface area (TPSA) is 102 Å². The summed E-state index contributed by atoms with van der Waals surface area (Å²) in [6.07, 6.45) is 1.83. The molecule has 0 aromatic heterocycles. The molecule has 1 aromatic rings. The number of likely N-dealkylation sites (tertiary alicyclic amines) is 1. The molecule has 9 heteroatoms. The number of nitrogens with one attached hydrogen (secondary N) is 1. The molecule has 140 valence electrons. The van der Waals surface area contributed by atoms with E-state index in [2.05, 4.69) is 9.62 Å². The van der Waals surface area contributed by atoms with Gasteiger partial charge in [-0.3, -0.25) is 10.1 Å². The number of nitrogens with zero attached hydrogens (tertiary/aromatic N) is 2. The standard InChI is InChI=1S/C16H25N3O5S/c1-13-3-4-15(19(20)21)11-16(13)25(22,23)17-12-14-5-7-18(8-6-14)9-10-24-2/h3-4,11,14,17H,5-10,12H2,1-2H3. The Bertz CT molecular complexity index is 700. The predicted octanol–water partition coefficient (Wildman–Crippen LogP) is 1.54. The van der Waals surface area contributed by atoms with Gasteiger partial charge in [-0.05, 0) is 44.3 Å². The van der Waals surface area contributed by atoms with E-state index in [1.807, 2.05) is 0 Å². The lowest BCUT2D eigenvalue weighted by molar-refractivity contribution is -0.385.